The first-order chi connectivity index (χ1) is 12.2. The normalized spacial score (nSPS) is 18.6. The number of morpholine rings is 1. The maximum atomic E-state index is 6.04. The number of aromatic nitrogens is 2. The van der Waals surface area contributed by atoms with E-state index in [-0.39, 0.29) is 6.10 Å². The van der Waals surface area contributed by atoms with Crippen molar-refractivity contribution in [3.05, 3.63) is 59.7 Å². The van der Waals surface area contributed by atoms with Crippen LogP contribution < -0.4 is 4.74 Å². The Morgan fingerprint density at radius 3 is 2.88 bits per heavy atom. The Kier molecular flexibility index (Phi) is 4.42. The fourth-order valence-electron chi connectivity index (χ4n) is 3.38. The Morgan fingerprint density at radius 1 is 1.24 bits per heavy atom. The van der Waals surface area contributed by atoms with Gasteiger partial charge in [-0.05, 0) is 41.5 Å². The molecule has 1 N–H and O–H groups in total. The van der Waals surface area contributed by atoms with Crippen LogP contribution in [0.3, 0.4) is 0 Å². The van der Waals surface area contributed by atoms with E-state index in [1.807, 2.05) is 6.07 Å². The summed E-state index contributed by atoms with van der Waals surface area (Å²) in [6.07, 6.45) is 1.86. The summed E-state index contributed by atoms with van der Waals surface area (Å²) in [5, 5.41) is 2.39. The molecule has 25 heavy (non-hydrogen) atoms. The van der Waals surface area contributed by atoms with Gasteiger partial charge in [-0.2, -0.15) is 0 Å². The summed E-state index contributed by atoms with van der Waals surface area (Å²) in [6, 6.07) is 12.7. The van der Waals surface area contributed by atoms with Crippen molar-refractivity contribution in [2.24, 2.45) is 0 Å². The number of rotatable bonds is 4. The zero-order valence-electron chi connectivity index (χ0n) is 14.7. The number of imidazole rings is 1. The Hall–Kier alpha value is -2.37. The molecule has 0 spiro atoms. The molecule has 5 nitrogen and oxygen atoms in total. The highest BCUT2D eigenvalue weighted by atomic mass is 16.5. The van der Waals surface area contributed by atoms with E-state index >= 15 is 0 Å². The van der Waals surface area contributed by atoms with E-state index in [0.717, 1.165) is 43.4 Å². The van der Waals surface area contributed by atoms with Gasteiger partial charge in [0.25, 0.3) is 0 Å². The van der Waals surface area contributed by atoms with Crippen LogP contribution in [0.4, 0.5) is 0 Å². The molecule has 1 aromatic heterocycles. The smallest absolute Gasteiger partial charge is 0.119 e. The van der Waals surface area contributed by atoms with Gasteiger partial charge in [0.2, 0.25) is 0 Å². The number of aryl methyl sites for hydroxylation is 1. The number of ether oxygens (including phenoxy) is 2. The van der Waals surface area contributed by atoms with Crippen molar-refractivity contribution in [1.82, 2.24) is 14.9 Å². The lowest BCUT2D eigenvalue weighted by atomic mass is 10.0. The molecule has 2 heterocycles. The Labute approximate surface area is 147 Å². The predicted molar refractivity (Wildman–Crippen MR) is 97.8 cm³/mol. The standard InChI is InChI=1S/C20H23N3O2/c1-14-19(22-13-21-14)11-23-7-8-25-20(12-23)17-4-3-16-10-18(24-2)6-5-15(16)9-17/h3-6,9-10,13,20H,7-8,11-12H2,1-2H3,(H,21,22)/t20-/m1/s1. The molecule has 1 atom stereocenters. The summed E-state index contributed by atoms with van der Waals surface area (Å²) in [7, 11) is 1.70. The van der Waals surface area contributed by atoms with E-state index in [1.54, 1.807) is 13.4 Å². The first kappa shape index (κ1) is 16.1. The number of hydrogen-bond acceptors (Lipinski definition) is 4. The first-order valence-corrected chi connectivity index (χ1v) is 8.63. The van der Waals surface area contributed by atoms with Crippen LogP contribution in [0, 0.1) is 6.92 Å². The number of nitrogens with zero attached hydrogens (tertiary/aromatic N) is 2. The zero-order chi connectivity index (χ0) is 17.2. The van der Waals surface area contributed by atoms with Crippen molar-refractivity contribution in [1.29, 1.82) is 0 Å². The van der Waals surface area contributed by atoms with E-state index in [0.29, 0.717) is 0 Å². The van der Waals surface area contributed by atoms with Crippen molar-refractivity contribution < 1.29 is 9.47 Å². The minimum Gasteiger partial charge on any atom is -0.497 e. The van der Waals surface area contributed by atoms with Crippen molar-refractivity contribution in [3.8, 4) is 5.75 Å². The van der Waals surface area contributed by atoms with Gasteiger partial charge in [-0.3, -0.25) is 4.90 Å². The number of aromatic amines is 1. The van der Waals surface area contributed by atoms with Crippen LogP contribution in [0.2, 0.25) is 0 Å². The molecule has 0 bridgehead atoms. The lowest BCUT2D eigenvalue weighted by Crippen LogP contribution is -2.38. The largest absolute Gasteiger partial charge is 0.497 e. The SMILES string of the molecule is COc1ccc2cc([C@H]3CN(Cc4nc[nH]c4C)CCO3)ccc2c1. The summed E-state index contributed by atoms with van der Waals surface area (Å²) >= 11 is 0. The van der Waals surface area contributed by atoms with Crippen LogP contribution in [0.5, 0.6) is 5.75 Å². The van der Waals surface area contributed by atoms with Crippen LogP contribution >= 0.6 is 0 Å². The average Bonchev–Trinajstić information content (AvgIpc) is 3.05. The molecule has 0 radical (unpaired) electrons. The fourth-order valence-corrected chi connectivity index (χ4v) is 3.38. The van der Waals surface area contributed by atoms with Gasteiger partial charge in [-0.15, -0.1) is 0 Å². The summed E-state index contributed by atoms with van der Waals surface area (Å²) in [5.41, 5.74) is 3.48. The topological polar surface area (TPSA) is 50.4 Å². The van der Waals surface area contributed by atoms with Gasteiger partial charge in [-0.1, -0.05) is 18.2 Å². The van der Waals surface area contributed by atoms with Crippen molar-refractivity contribution in [2.45, 2.75) is 19.6 Å². The molecular weight excluding hydrogens is 314 g/mol. The first-order valence-electron chi connectivity index (χ1n) is 8.63. The van der Waals surface area contributed by atoms with E-state index in [1.165, 1.54) is 16.3 Å². The highest BCUT2D eigenvalue weighted by Crippen LogP contribution is 2.28. The number of methoxy groups -OCH3 is 1. The Morgan fingerprint density at radius 2 is 2.08 bits per heavy atom. The quantitative estimate of drug-likeness (QED) is 0.792. The number of nitrogens with one attached hydrogen (secondary N) is 1. The second-order valence-corrected chi connectivity index (χ2v) is 6.54. The lowest BCUT2D eigenvalue weighted by Gasteiger charge is -2.33. The van der Waals surface area contributed by atoms with Gasteiger partial charge < -0.3 is 14.5 Å². The maximum Gasteiger partial charge on any atom is 0.119 e. The molecule has 1 fully saturated rings. The summed E-state index contributed by atoms with van der Waals surface area (Å²) in [6.45, 7) is 5.49. The molecule has 1 aliphatic heterocycles. The van der Waals surface area contributed by atoms with Gasteiger partial charge in [0.1, 0.15) is 5.75 Å². The molecule has 0 saturated carbocycles. The van der Waals surface area contributed by atoms with Gasteiger partial charge in [0, 0.05) is 25.3 Å². The third-order valence-corrected chi connectivity index (χ3v) is 4.90. The van der Waals surface area contributed by atoms with Crippen molar-refractivity contribution in [2.75, 3.05) is 26.8 Å². The van der Waals surface area contributed by atoms with E-state index in [9.17, 15) is 0 Å². The monoisotopic (exact) mass is 337 g/mol. The van der Waals surface area contributed by atoms with Gasteiger partial charge in [-0.25, -0.2) is 4.98 Å². The van der Waals surface area contributed by atoms with Crippen LogP contribution in [0.15, 0.2) is 42.7 Å². The maximum absolute atomic E-state index is 6.04. The molecule has 0 unspecified atom stereocenters. The summed E-state index contributed by atoms with van der Waals surface area (Å²) in [5.74, 6) is 0.884. The number of hydrogen-bond donors (Lipinski definition) is 1. The minimum atomic E-state index is 0.0968. The number of H-pyrrole nitrogens is 1. The molecule has 5 heteroatoms. The summed E-state index contributed by atoms with van der Waals surface area (Å²) in [4.78, 5) is 9.98. The van der Waals surface area contributed by atoms with Crippen molar-refractivity contribution >= 4 is 10.8 Å². The highest BCUT2D eigenvalue weighted by Gasteiger charge is 2.23. The Balaban J connectivity index is 1.52. The minimum absolute atomic E-state index is 0.0968. The molecule has 4 rings (SSSR count). The van der Waals surface area contributed by atoms with E-state index in [2.05, 4.69) is 52.1 Å². The predicted octanol–water partition coefficient (Wildman–Crippen LogP) is 3.45. The molecule has 1 aliphatic rings. The molecule has 130 valence electrons. The van der Waals surface area contributed by atoms with Gasteiger partial charge in [0.15, 0.2) is 0 Å². The van der Waals surface area contributed by atoms with Crippen LogP contribution in [0.25, 0.3) is 10.8 Å². The third-order valence-electron chi connectivity index (χ3n) is 4.90. The molecule has 0 amide bonds. The third kappa shape index (κ3) is 3.38. The van der Waals surface area contributed by atoms with Gasteiger partial charge in [0.05, 0.1) is 31.8 Å². The zero-order valence-corrected chi connectivity index (χ0v) is 14.7. The van der Waals surface area contributed by atoms with E-state index < -0.39 is 0 Å². The van der Waals surface area contributed by atoms with Crippen LogP contribution in [0.1, 0.15) is 23.1 Å². The molecule has 1 saturated heterocycles. The Bertz CT molecular complexity index is 874. The van der Waals surface area contributed by atoms with Crippen molar-refractivity contribution in [3.63, 3.8) is 0 Å². The lowest BCUT2D eigenvalue weighted by molar-refractivity contribution is -0.0332. The second-order valence-electron chi connectivity index (χ2n) is 6.54. The van der Waals surface area contributed by atoms with Gasteiger partial charge >= 0.3 is 0 Å². The van der Waals surface area contributed by atoms with Crippen LogP contribution in [-0.4, -0.2) is 41.7 Å². The molecule has 0 aliphatic carbocycles. The number of fused-ring (bicyclic) bond motifs is 1. The highest BCUT2D eigenvalue weighted by molar-refractivity contribution is 5.84. The average molecular weight is 337 g/mol. The molecule has 3 aromatic rings. The summed E-state index contributed by atoms with van der Waals surface area (Å²) < 4.78 is 11.3. The molecular formula is C20H23N3O2. The fraction of sp³-hybridized carbons (Fsp3) is 0.350. The number of benzene rings is 2. The van der Waals surface area contributed by atoms with E-state index in [4.69, 9.17) is 9.47 Å². The molecule has 2 aromatic carbocycles. The second kappa shape index (κ2) is 6.86. The van der Waals surface area contributed by atoms with Crippen LogP contribution in [-0.2, 0) is 11.3 Å².